The van der Waals surface area contributed by atoms with Crippen molar-refractivity contribution in [1.29, 1.82) is 0 Å². The third-order valence-electron chi connectivity index (χ3n) is 3.44. The average Bonchev–Trinajstić information content (AvgIpc) is 2.47. The standard InChI is InChI=1S/C14H17NO4S/c1-2-20(18,19)13-5-3-11(4-6-13)12-7-9-15(10-8-12)14(16)17/h3-7H,2,8-10H2,1H3,(H,16,17). The van der Waals surface area contributed by atoms with Crippen LogP contribution < -0.4 is 0 Å². The summed E-state index contributed by atoms with van der Waals surface area (Å²) in [7, 11) is -3.17. The third kappa shape index (κ3) is 3.01. The number of benzene rings is 1. The highest BCUT2D eigenvalue weighted by Crippen LogP contribution is 2.24. The summed E-state index contributed by atoms with van der Waals surface area (Å²) >= 11 is 0. The van der Waals surface area contributed by atoms with Gasteiger partial charge in [-0.3, -0.25) is 0 Å². The van der Waals surface area contributed by atoms with E-state index in [1.54, 1.807) is 31.2 Å². The summed E-state index contributed by atoms with van der Waals surface area (Å²) in [5.74, 6) is 0.0859. The first-order valence-corrected chi connectivity index (χ1v) is 8.09. The van der Waals surface area contributed by atoms with E-state index in [-0.39, 0.29) is 5.75 Å². The Morgan fingerprint density at radius 2 is 1.95 bits per heavy atom. The van der Waals surface area contributed by atoms with Gasteiger partial charge in [-0.15, -0.1) is 0 Å². The highest BCUT2D eigenvalue weighted by Gasteiger charge is 2.17. The molecule has 5 nitrogen and oxygen atoms in total. The summed E-state index contributed by atoms with van der Waals surface area (Å²) in [5, 5.41) is 8.88. The largest absolute Gasteiger partial charge is 0.465 e. The van der Waals surface area contributed by atoms with E-state index in [9.17, 15) is 13.2 Å². The van der Waals surface area contributed by atoms with Gasteiger partial charge in [-0.25, -0.2) is 13.2 Å². The van der Waals surface area contributed by atoms with E-state index in [0.717, 1.165) is 11.1 Å². The summed E-state index contributed by atoms with van der Waals surface area (Å²) in [6, 6.07) is 6.78. The van der Waals surface area contributed by atoms with Gasteiger partial charge in [-0.1, -0.05) is 25.1 Å². The monoisotopic (exact) mass is 295 g/mol. The summed E-state index contributed by atoms with van der Waals surface area (Å²) < 4.78 is 23.4. The van der Waals surface area contributed by atoms with Gasteiger partial charge in [-0.05, 0) is 29.7 Å². The molecule has 1 aromatic carbocycles. The van der Waals surface area contributed by atoms with Crippen LogP contribution in [0.3, 0.4) is 0 Å². The predicted octanol–water partition coefficient (Wildman–Crippen LogP) is 2.25. The smallest absolute Gasteiger partial charge is 0.407 e. The van der Waals surface area contributed by atoms with E-state index in [2.05, 4.69) is 0 Å². The molecule has 0 atom stereocenters. The van der Waals surface area contributed by atoms with Gasteiger partial charge in [-0.2, -0.15) is 0 Å². The summed E-state index contributed by atoms with van der Waals surface area (Å²) in [5.41, 5.74) is 2.01. The minimum Gasteiger partial charge on any atom is -0.465 e. The number of rotatable bonds is 3. The van der Waals surface area contributed by atoms with Crippen molar-refractivity contribution in [3.8, 4) is 0 Å². The highest BCUT2D eigenvalue weighted by molar-refractivity contribution is 7.91. The summed E-state index contributed by atoms with van der Waals surface area (Å²) in [6.45, 7) is 2.46. The van der Waals surface area contributed by atoms with Gasteiger partial charge >= 0.3 is 6.09 Å². The van der Waals surface area contributed by atoms with Crippen molar-refractivity contribution in [2.45, 2.75) is 18.2 Å². The second-order valence-electron chi connectivity index (χ2n) is 4.64. The van der Waals surface area contributed by atoms with Crippen LogP contribution in [0.2, 0.25) is 0 Å². The fraction of sp³-hybridized carbons (Fsp3) is 0.357. The van der Waals surface area contributed by atoms with Crippen LogP contribution in [-0.4, -0.2) is 43.4 Å². The number of nitrogens with zero attached hydrogens (tertiary/aromatic N) is 1. The van der Waals surface area contributed by atoms with Gasteiger partial charge in [0.1, 0.15) is 0 Å². The van der Waals surface area contributed by atoms with Crippen LogP contribution in [0.4, 0.5) is 4.79 Å². The molecule has 0 saturated carbocycles. The zero-order valence-electron chi connectivity index (χ0n) is 11.2. The number of hydrogen-bond acceptors (Lipinski definition) is 3. The van der Waals surface area contributed by atoms with Crippen LogP contribution in [0.5, 0.6) is 0 Å². The van der Waals surface area contributed by atoms with Crippen LogP contribution in [0.25, 0.3) is 5.57 Å². The number of hydrogen-bond donors (Lipinski definition) is 1. The molecule has 0 saturated heterocycles. The first-order chi connectivity index (χ1) is 9.44. The second kappa shape index (κ2) is 5.66. The summed E-state index contributed by atoms with van der Waals surface area (Å²) in [4.78, 5) is 12.5. The first kappa shape index (κ1) is 14.6. The minimum atomic E-state index is -3.17. The maximum Gasteiger partial charge on any atom is 0.407 e. The Bertz CT molecular complexity index is 632. The lowest BCUT2D eigenvalue weighted by molar-refractivity contribution is 0.150. The normalized spacial score (nSPS) is 15.8. The van der Waals surface area contributed by atoms with E-state index in [0.29, 0.717) is 24.4 Å². The lowest BCUT2D eigenvalue weighted by atomic mass is 10.00. The van der Waals surface area contributed by atoms with Crippen LogP contribution in [0, 0.1) is 0 Å². The molecule has 0 fully saturated rings. The molecular formula is C14H17NO4S. The van der Waals surface area contributed by atoms with Crippen LogP contribution >= 0.6 is 0 Å². The number of sulfone groups is 1. The van der Waals surface area contributed by atoms with Gasteiger partial charge in [0, 0.05) is 13.1 Å². The molecule has 1 aromatic rings. The molecule has 1 N–H and O–H groups in total. The molecule has 1 heterocycles. The lowest BCUT2D eigenvalue weighted by Crippen LogP contribution is -2.33. The molecule has 0 unspecified atom stereocenters. The van der Waals surface area contributed by atoms with Gasteiger partial charge in [0.2, 0.25) is 0 Å². The molecular weight excluding hydrogens is 278 g/mol. The van der Waals surface area contributed by atoms with E-state index in [4.69, 9.17) is 5.11 Å². The quantitative estimate of drug-likeness (QED) is 0.928. The van der Waals surface area contributed by atoms with Crippen LogP contribution in [0.15, 0.2) is 35.2 Å². The van der Waals surface area contributed by atoms with Crippen molar-refractivity contribution in [3.05, 3.63) is 35.9 Å². The first-order valence-electron chi connectivity index (χ1n) is 6.44. The van der Waals surface area contributed by atoms with Crippen molar-refractivity contribution in [3.63, 3.8) is 0 Å². The fourth-order valence-corrected chi connectivity index (χ4v) is 3.03. The topological polar surface area (TPSA) is 74.7 Å². The maximum atomic E-state index is 11.7. The van der Waals surface area contributed by atoms with E-state index in [1.165, 1.54) is 4.90 Å². The molecule has 0 spiro atoms. The zero-order chi connectivity index (χ0) is 14.8. The molecule has 1 aliphatic rings. The molecule has 2 rings (SSSR count). The fourth-order valence-electron chi connectivity index (χ4n) is 2.15. The third-order valence-corrected chi connectivity index (χ3v) is 5.19. The van der Waals surface area contributed by atoms with Gasteiger partial charge in [0.05, 0.1) is 10.6 Å². The van der Waals surface area contributed by atoms with Crippen LogP contribution in [-0.2, 0) is 9.84 Å². The van der Waals surface area contributed by atoms with Gasteiger partial charge in [0.15, 0.2) is 9.84 Å². The number of carboxylic acid groups (broad SMARTS) is 1. The SMILES string of the molecule is CCS(=O)(=O)c1ccc(C2=CCN(C(=O)O)CC2)cc1. The molecule has 1 aliphatic heterocycles. The van der Waals surface area contributed by atoms with E-state index < -0.39 is 15.9 Å². The Labute approximate surface area is 118 Å². The van der Waals surface area contributed by atoms with Crippen molar-refractivity contribution in [1.82, 2.24) is 4.90 Å². The molecule has 1 amide bonds. The molecule has 0 aliphatic carbocycles. The van der Waals surface area contributed by atoms with E-state index >= 15 is 0 Å². The van der Waals surface area contributed by atoms with Crippen molar-refractivity contribution in [2.75, 3.05) is 18.8 Å². The molecule has 0 radical (unpaired) electrons. The molecule has 20 heavy (non-hydrogen) atoms. The van der Waals surface area contributed by atoms with Crippen molar-refractivity contribution >= 4 is 21.5 Å². The maximum absolute atomic E-state index is 11.7. The molecule has 108 valence electrons. The zero-order valence-corrected chi connectivity index (χ0v) is 12.1. The predicted molar refractivity (Wildman–Crippen MR) is 76.4 cm³/mol. The molecule has 6 heteroatoms. The number of amides is 1. The van der Waals surface area contributed by atoms with Gasteiger partial charge < -0.3 is 10.0 Å². The Hall–Kier alpha value is -1.82. The average molecular weight is 295 g/mol. The minimum absolute atomic E-state index is 0.0859. The van der Waals surface area contributed by atoms with Crippen molar-refractivity contribution in [2.24, 2.45) is 0 Å². The van der Waals surface area contributed by atoms with Crippen LogP contribution in [0.1, 0.15) is 18.9 Å². The Balaban J connectivity index is 2.18. The highest BCUT2D eigenvalue weighted by atomic mass is 32.2. The molecule has 0 bridgehead atoms. The van der Waals surface area contributed by atoms with Crippen molar-refractivity contribution < 1.29 is 18.3 Å². The summed E-state index contributed by atoms with van der Waals surface area (Å²) in [6.07, 6.45) is 1.61. The molecule has 0 aromatic heterocycles. The second-order valence-corrected chi connectivity index (χ2v) is 6.91. The Kier molecular flexibility index (Phi) is 4.13. The Morgan fingerprint density at radius 1 is 1.30 bits per heavy atom. The van der Waals surface area contributed by atoms with Gasteiger partial charge in [0.25, 0.3) is 0 Å². The van der Waals surface area contributed by atoms with E-state index in [1.807, 2.05) is 6.08 Å². The Morgan fingerprint density at radius 3 is 2.40 bits per heavy atom. The lowest BCUT2D eigenvalue weighted by Gasteiger charge is -2.23. The number of carbonyl (C=O) groups is 1.